The Morgan fingerprint density at radius 3 is 2.43 bits per heavy atom. The summed E-state index contributed by atoms with van der Waals surface area (Å²) in [4.78, 5) is 0. The minimum atomic E-state index is -0.189. The zero-order valence-corrected chi connectivity index (χ0v) is 8.04. The highest BCUT2D eigenvalue weighted by Gasteiger charge is 2.33. The summed E-state index contributed by atoms with van der Waals surface area (Å²) in [6.07, 6.45) is 5.87. The standard InChI is InChI=1S/C12H14FN/c13-11-6-2-1-5-10(11)12(9-14)7-3-4-8-12/h1-6H,7-9,14H2. The van der Waals surface area contributed by atoms with E-state index in [0.29, 0.717) is 6.54 Å². The van der Waals surface area contributed by atoms with Crippen molar-refractivity contribution in [2.45, 2.75) is 18.3 Å². The summed E-state index contributed by atoms with van der Waals surface area (Å²) in [5.74, 6) is -0.137. The van der Waals surface area contributed by atoms with Gasteiger partial charge in [-0.3, -0.25) is 0 Å². The molecule has 1 aliphatic carbocycles. The largest absolute Gasteiger partial charge is 0.330 e. The first-order chi connectivity index (χ1) is 6.78. The van der Waals surface area contributed by atoms with Crippen molar-refractivity contribution < 1.29 is 4.39 Å². The Labute approximate surface area is 83.4 Å². The van der Waals surface area contributed by atoms with Gasteiger partial charge in [0, 0.05) is 12.0 Å². The van der Waals surface area contributed by atoms with Gasteiger partial charge in [0.15, 0.2) is 0 Å². The van der Waals surface area contributed by atoms with E-state index in [0.717, 1.165) is 18.4 Å². The predicted octanol–water partition coefficient (Wildman–Crippen LogP) is 2.37. The maximum atomic E-state index is 13.6. The Morgan fingerprint density at radius 1 is 1.21 bits per heavy atom. The molecule has 2 N–H and O–H groups in total. The Kier molecular flexibility index (Phi) is 2.38. The first-order valence-electron chi connectivity index (χ1n) is 4.89. The second kappa shape index (κ2) is 3.54. The van der Waals surface area contributed by atoms with Gasteiger partial charge in [-0.1, -0.05) is 30.4 Å². The maximum absolute atomic E-state index is 13.6. The van der Waals surface area contributed by atoms with Crippen molar-refractivity contribution in [1.29, 1.82) is 0 Å². The molecule has 2 rings (SSSR count). The van der Waals surface area contributed by atoms with Crippen LogP contribution >= 0.6 is 0 Å². The van der Waals surface area contributed by atoms with E-state index >= 15 is 0 Å². The SMILES string of the molecule is NCC1(c2ccccc2F)CC=CC1. The van der Waals surface area contributed by atoms with Crippen molar-refractivity contribution in [2.75, 3.05) is 6.54 Å². The molecule has 0 amide bonds. The molecular weight excluding hydrogens is 177 g/mol. The molecule has 0 fully saturated rings. The molecule has 1 aliphatic rings. The van der Waals surface area contributed by atoms with Crippen LogP contribution < -0.4 is 5.73 Å². The van der Waals surface area contributed by atoms with Crippen molar-refractivity contribution in [3.63, 3.8) is 0 Å². The number of nitrogens with two attached hydrogens (primary N) is 1. The number of halogens is 1. The van der Waals surface area contributed by atoms with Gasteiger partial charge in [-0.15, -0.1) is 0 Å². The molecule has 1 nitrogen and oxygen atoms in total. The van der Waals surface area contributed by atoms with Crippen LogP contribution in [0.4, 0.5) is 4.39 Å². The summed E-state index contributed by atoms with van der Waals surface area (Å²) in [5, 5.41) is 0. The summed E-state index contributed by atoms with van der Waals surface area (Å²) in [7, 11) is 0. The maximum Gasteiger partial charge on any atom is 0.127 e. The third-order valence-electron chi connectivity index (χ3n) is 3.02. The molecule has 0 saturated carbocycles. The van der Waals surface area contributed by atoms with Gasteiger partial charge in [0.1, 0.15) is 5.82 Å². The van der Waals surface area contributed by atoms with Crippen LogP contribution in [0.15, 0.2) is 36.4 Å². The second-order valence-electron chi connectivity index (χ2n) is 3.84. The van der Waals surface area contributed by atoms with Crippen molar-refractivity contribution in [1.82, 2.24) is 0 Å². The Morgan fingerprint density at radius 2 is 1.86 bits per heavy atom. The van der Waals surface area contributed by atoms with E-state index < -0.39 is 0 Å². The monoisotopic (exact) mass is 191 g/mol. The number of rotatable bonds is 2. The lowest BCUT2D eigenvalue weighted by atomic mass is 9.78. The van der Waals surface area contributed by atoms with Crippen LogP contribution in [-0.4, -0.2) is 6.54 Å². The molecular formula is C12H14FN. The molecule has 0 aromatic heterocycles. The molecule has 2 heteroatoms. The van der Waals surface area contributed by atoms with Gasteiger partial charge in [0.05, 0.1) is 0 Å². The summed E-state index contributed by atoms with van der Waals surface area (Å²) in [6, 6.07) is 6.93. The van der Waals surface area contributed by atoms with Gasteiger partial charge in [-0.2, -0.15) is 0 Å². The Bertz CT molecular complexity index is 349. The molecule has 0 bridgehead atoms. The summed E-state index contributed by atoms with van der Waals surface area (Å²) in [6.45, 7) is 0.501. The first kappa shape index (κ1) is 9.41. The van der Waals surface area contributed by atoms with E-state index in [-0.39, 0.29) is 11.2 Å². The number of hydrogen-bond donors (Lipinski definition) is 1. The zero-order valence-electron chi connectivity index (χ0n) is 8.04. The number of allylic oxidation sites excluding steroid dienone is 2. The molecule has 0 unspecified atom stereocenters. The number of hydrogen-bond acceptors (Lipinski definition) is 1. The molecule has 0 radical (unpaired) electrons. The fraction of sp³-hybridized carbons (Fsp3) is 0.333. The normalized spacial score (nSPS) is 18.7. The van der Waals surface area contributed by atoms with Crippen LogP contribution in [0.1, 0.15) is 18.4 Å². The van der Waals surface area contributed by atoms with Crippen molar-refractivity contribution in [3.05, 3.63) is 47.8 Å². The lowest BCUT2D eigenvalue weighted by molar-refractivity contribution is 0.441. The van der Waals surface area contributed by atoms with Gasteiger partial charge in [-0.25, -0.2) is 4.39 Å². The molecule has 0 spiro atoms. The summed E-state index contributed by atoms with van der Waals surface area (Å²) < 4.78 is 13.6. The van der Waals surface area contributed by atoms with E-state index in [1.165, 1.54) is 6.07 Å². The fourth-order valence-electron chi connectivity index (χ4n) is 2.09. The van der Waals surface area contributed by atoms with E-state index in [4.69, 9.17) is 5.73 Å². The van der Waals surface area contributed by atoms with Gasteiger partial charge in [-0.05, 0) is 24.5 Å². The molecule has 0 saturated heterocycles. The van der Waals surface area contributed by atoms with Gasteiger partial charge in [0.25, 0.3) is 0 Å². The van der Waals surface area contributed by atoms with Crippen LogP contribution in [-0.2, 0) is 5.41 Å². The lowest BCUT2D eigenvalue weighted by Crippen LogP contribution is -2.33. The highest BCUT2D eigenvalue weighted by molar-refractivity contribution is 5.32. The lowest BCUT2D eigenvalue weighted by Gasteiger charge is -2.28. The smallest absolute Gasteiger partial charge is 0.127 e. The highest BCUT2D eigenvalue weighted by atomic mass is 19.1. The fourth-order valence-corrected chi connectivity index (χ4v) is 2.09. The van der Waals surface area contributed by atoms with E-state index in [1.807, 2.05) is 12.1 Å². The highest BCUT2D eigenvalue weighted by Crippen LogP contribution is 2.37. The topological polar surface area (TPSA) is 26.0 Å². The van der Waals surface area contributed by atoms with Crippen LogP contribution in [0, 0.1) is 5.82 Å². The quantitative estimate of drug-likeness (QED) is 0.713. The third kappa shape index (κ3) is 1.36. The molecule has 1 aromatic carbocycles. The molecule has 0 aliphatic heterocycles. The van der Waals surface area contributed by atoms with E-state index in [9.17, 15) is 4.39 Å². The molecule has 14 heavy (non-hydrogen) atoms. The predicted molar refractivity (Wildman–Crippen MR) is 55.5 cm³/mol. The van der Waals surface area contributed by atoms with Crippen molar-refractivity contribution in [3.8, 4) is 0 Å². The van der Waals surface area contributed by atoms with Crippen molar-refractivity contribution >= 4 is 0 Å². The second-order valence-corrected chi connectivity index (χ2v) is 3.84. The van der Waals surface area contributed by atoms with E-state index in [2.05, 4.69) is 12.2 Å². The van der Waals surface area contributed by atoms with Crippen molar-refractivity contribution in [2.24, 2.45) is 5.73 Å². The summed E-state index contributed by atoms with van der Waals surface area (Å²) >= 11 is 0. The molecule has 74 valence electrons. The minimum Gasteiger partial charge on any atom is -0.330 e. The Balaban J connectivity index is 2.42. The van der Waals surface area contributed by atoms with Gasteiger partial charge >= 0.3 is 0 Å². The van der Waals surface area contributed by atoms with Crippen LogP contribution in [0.25, 0.3) is 0 Å². The number of benzene rings is 1. The van der Waals surface area contributed by atoms with Crippen LogP contribution in [0.5, 0.6) is 0 Å². The average molecular weight is 191 g/mol. The molecule has 1 aromatic rings. The van der Waals surface area contributed by atoms with Gasteiger partial charge in [0.2, 0.25) is 0 Å². The van der Waals surface area contributed by atoms with Crippen LogP contribution in [0.3, 0.4) is 0 Å². The van der Waals surface area contributed by atoms with Gasteiger partial charge < -0.3 is 5.73 Å². The Hall–Kier alpha value is -1.15. The minimum absolute atomic E-state index is 0.137. The third-order valence-corrected chi connectivity index (χ3v) is 3.02. The molecule has 0 heterocycles. The zero-order chi connectivity index (χ0) is 10.0. The van der Waals surface area contributed by atoms with Crippen LogP contribution in [0.2, 0.25) is 0 Å². The first-order valence-corrected chi connectivity index (χ1v) is 4.89. The molecule has 0 atom stereocenters. The summed E-state index contributed by atoms with van der Waals surface area (Å²) in [5.41, 5.74) is 6.33. The van der Waals surface area contributed by atoms with E-state index in [1.54, 1.807) is 6.07 Å². The average Bonchev–Trinajstić information content (AvgIpc) is 2.68.